The normalized spacial score (nSPS) is 15.9. The zero-order valence-electron chi connectivity index (χ0n) is 59.8. The summed E-state index contributed by atoms with van der Waals surface area (Å²) in [6.45, 7) is 26.3. The zero-order valence-corrected chi connectivity index (χ0v) is 62.2. The van der Waals surface area contributed by atoms with Crippen LogP contribution in [-0.2, 0) is 78.5 Å². The van der Waals surface area contributed by atoms with Gasteiger partial charge in [0.25, 0.3) is 0 Å². The molecule has 3 atom stereocenters. The van der Waals surface area contributed by atoms with E-state index in [-0.39, 0.29) is 119 Å². The van der Waals surface area contributed by atoms with E-state index in [2.05, 4.69) is 86.1 Å². The summed E-state index contributed by atoms with van der Waals surface area (Å²) in [7, 11) is -10.6. The van der Waals surface area contributed by atoms with Crippen LogP contribution in [0, 0.1) is 38.5 Å². The summed E-state index contributed by atoms with van der Waals surface area (Å²) in [4.78, 5) is 95.1. The number of Topliss-reactive ketones (excluding diaryl/α,β-unsaturated/α-hetero) is 3. The predicted octanol–water partition coefficient (Wildman–Crippen LogP) is 5.39. The number of benzene rings is 3. The molecule has 3 aliphatic heterocycles. The molecule has 29 nitrogen and oxygen atoms in total. The number of sulfone groups is 3. The number of hydrogen-bond donors (Lipinski definition) is 2. The first kappa shape index (κ1) is 80.8. The third-order valence-electron chi connectivity index (χ3n) is 18.0. The number of aryl methyl sites for hydroxylation is 3. The number of ether oxygens (including phenoxy) is 1. The molecule has 0 fully saturated rings. The number of anilines is 3. The molecule has 33 heteroatoms. The summed E-state index contributed by atoms with van der Waals surface area (Å²) in [5, 5.41) is 19.4. The Labute approximate surface area is 605 Å². The van der Waals surface area contributed by atoms with Crippen LogP contribution in [0.5, 0.6) is 0 Å². The molecule has 0 saturated heterocycles. The van der Waals surface area contributed by atoms with E-state index in [1.807, 2.05) is 13.7 Å². The fourth-order valence-corrected chi connectivity index (χ4v) is 16.3. The fourth-order valence-electron chi connectivity index (χ4n) is 13.5. The molecule has 0 saturated carbocycles. The number of aliphatic hydroxyl groups excluding tert-OH is 2. The van der Waals surface area contributed by atoms with E-state index in [1.165, 1.54) is 27.7 Å². The Morgan fingerprint density at radius 1 is 0.461 bits per heavy atom. The van der Waals surface area contributed by atoms with Crippen LogP contribution in [0.2, 0.25) is 0 Å². The smallest absolute Gasteiger partial charge is 0.870 e. The van der Waals surface area contributed by atoms with Crippen LogP contribution in [0.15, 0.2) is 69.7 Å². The van der Waals surface area contributed by atoms with Crippen molar-refractivity contribution in [2.45, 2.75) is 170 Å². The Morgan fingerprint density at radius 2 is 0.725 bits per heavy atom. The van der Waals surface area contributed by atoms with Crippen molar-refractivity contribution in [1.29, 1.82) is 0 Å². The van der Waals surface area contributed by atoms with Crippen molar-refractivity contribution >= 4 is 104 Å². The standard InChI is InChI=1S/C24H29N5O5S.2C22H27N5O4S.CH4.Li.H2O/c1-13(2)22-23-27-19-9-17(12-34-16(5)31)21(35(6,32)33)10-20(19)28(23)7-8-29(22)24-25-11-18(15(4)30)14(3)26-24;2*1-12(2)20-21-25-17-8-15(11-28)19(32(5,30)31)9-18(17)26(21)6-7-27(20)22-23-10-16(14(4)29)13(3)24-22;;;/h9-11,13,22H,7-8,12H2,1-6H3;2*8-10,12,20,28H,6-7,11H2,1-5H3;1H4;;1H2/q;;;;+1;/p-1/t22-;2*20-;;;/m110.../s1. The van der Waals surface area contributed by atoms with E-state index in [1.54, 1.807) is 75.8 Å². The molecule has 0 spiro atoms. The number of rotatable bonds is 16. The summed E-state index contributed by atoms with van der Waals surface area (Å²) in [6.07, 6.45) is 8.13. The summed E-state index contributed by atoms with van der Waals surface area (Å²) < 4.78 is 85.4. The second-order valence-electron chi connectivity index (χ2n) is 26.4. The van der Waals surface area contributed by atoms with Crippen LogP contribution >= 0.6 is 0 Å². The molecular weight excluding hydrogens is 1370 g/mol. The monoisotopic (exact) mass is 1450 g/mol. The molecule has 0 amide bonds. The molecule has 0 unspecified atom stereocenters. The van der Waals surface area contributed by atoms with Gasteiger partial charge in [0.15, 0.2) is 46.9 Å². The Bertz CT molecular complexity index is 4910. The number of esters is 1. The van der Waals surface area contributed by atoms with Crippen LogP contribution in [0.1, 0.15) is 177 Å². The number of carbonyl (C=O) groups excluding carboxylic acids is 4. The minimum atomic E-state index is -3.57. The van der Waals surface area contributed by atoms with Crippen molar-refractivity contribution in [3.05, 3.63) is 123 Å². The summed E-state index contributed by atoms with van der Waals surface area (Å²) in [5.41, 5.74) is 8.55. The van der Waals surface area contributed by atoms with Crippen LogP contribution in [-0.4, -0.2) is 161 Å². The third kappa shape index (κ3) is 16.0. The van der Waals surface area contributed by atoms with E-state index < -0.39 is 35.5 Å². The van der Waals surface area contributed by atoms with Crippen LogP contribution in [0.4, 0.5) is 17.8 Å². The van der Waals surface area contributed by atoms with Gasteiger partial charge in [-0.2, -0.15) is 0 Å². The molecule has 3 aromatic carbocycles. The van der Waals surface area contributed by atoms with Crippen LogP contribution in [0.3, 0.4) is 0 Å². The molecule has 12 rings (SSSR count). The van der Waals surface area contributed by atoms with Crippen molar-refractivity contribution < 1.29 is 83.7 Å². The maximum Gasteiger partial charge on any atom is 1.00 e. The van der Waals surface area contributed by atoms with Gasteiger partial charge in [-0.15, -0.1) is 0 Å². The van der Waals surface area contributed by atoms with Gasteiger partial charge in [-0.1, -0.05) is 49.0 Å². The van der Waals surface area contributed by atoms with Crippen LogP contribution < -0.4 is 33.6 Å². The number of ketones is 3. The first-order valence-corrected chi connectivity index (χ1v) is 38.0. The van der Waals surface area contributed by atoms with Gasteiger partial charge in [0, 0.05) is 89.1 Å². The Balaban J connectivity index is 0.000000212. The quantitative estimate of drug-likeness (QED) is 0.0696. The van der Waals surface area contributed by atoms with E-state index >= 15 is 0 Å². The second kappa shape index (κ2) is 31.2. The van der Waals surface area contributed by atoms with E-state index in [9.17, 15) is 54.6 Å². The SMILES string of the molecule is C.CC(=O)OCc1cc2nc3n(c2cc1S(C)(=O)=O)CCN(c1ncc(C(C)=O)c(C)n1)[C@@H]3C(C)C.CC(=O)c1cnc(N2CCn3c(nc4cc(CO)c(S(C)(=O)=O)cc43)[C@@H]2C(C)C)nc1C.CC(=O)c1cnc(N2CCn3c(nc4cc(CO)c(S(C)(=O)=O)cc43)[C@H]2C(C)C)nc1C.[Li+].[OH-]. The maximum absolute atomic E-state index is 12.5. The summed E-state index contributed by atoms with van der Waals surface area (Å²) in [5.74, 6) is 3.72. The summed E-state index contributed by atoms with van der Waals surface area (Å²) in [6, 6.07) is 9.39. The molecule has 9 aromatic rings. The van der Waals surface area contributed by atoms with E-state index in [0.29, 0.717) is 130 Å². The number of aliphatic hydroxyl groups is 2. The number of aromatic nitrogens is 12. The minimum Gasteiger partial charge on any atom is -0.870 e. The number of imidazole rings is 3. The van der Waals surface area contributed by atoms with Crippen molar-refractivity contribution in [1.82, 2.24) is 58.6 Å². The van der Waals surface area contributed by atoms with Gasteiger partial charge >= 0.3 is 24.8 Å². The molecule has 0 bridgehead atoms. The summed E-state index contributed by atoms with van der Waals surface area (Å²) >= 11 is 0. The van der Waals surface area contributed by atoms with Gasteiger partial charge in [-0.05, 0) is 107 Å². The molecule has 102 heavy (non-hydrogen) atoms. The Kier molecular flexibility index (Phi) is 24.7. The average Bonchev–Trinajstić information content (AvgIpc) is 1.60. The van der Waals surface area contributed by atoms with Gasteiger partial charge in [0.2, 0.25) is 17.8 Å². The van der Waals surface area contributed by atoms with Gasteiger partial charge in [0.1, 0.15) is 24.1 Å². The molecule has 0 radical (unpaired) electrons. The molecule has 9 heterocycles. The first-order valence-electron chi connectivity index (χ1n) is 32.3. The van der Waals surface area contributed by atoms with Crippen LogP contribution in [0.25, 0.3) is 33.1 Å². The predicted molar refractivity (Wildman–Crippen MR) is 380 cm³/mol. The van der Waals surface area contributed by atoms with Crippen molar-refractivity contribution in [3.63, 3.8) is 0 Å². The van der Waals surface area contributed by atoms with Gasteiger partial charge in [-0.3, -0.25) is 19.2 Å². The van der Waals surface area contributed by atoms with E-state index in [0.717, 1.165) is 47.3 Å². The van der Waals surface area contributed by atoms with E-state index in [4.69, 9.17) is 19.7 Å². The molecule has 0 aliphatic carbocycles. The molecule has 3 N–H and O–H groups in total. The van der Waals surface area contributed by atoms with Crippen molar-refractivity contribution in [2.75, 3.05) is 53.1 Å². The van der Waals surface area contributed by atoms with Gasteiger partial charge < -0.3 is 48.8 Å². The largest absolute Gasteiger partial charge is 1.00 e. The minimum absolute atomic E-state index is 0. The maximum atomic E-state index is 12.5. The molecule has 3 aliphatic rings. The molecular formula is C69H88LiN15O14S3. The number of nitrogens with zero attached hydrogens (tertiary/aromatic N) is 15. The second-order valence-corrected chi connectivity index (χ2v) is 32.4. The molecule has 6 aromatic heterocycles. The number of carbonyl (C=O) groups is 4. The zero-order chi connectivity index (χ0) is 72.4. The van der Waals surface area contributed by atoms with Crippen molar-refractivity contribution in [2.24, 2.45) is 17.8 Å². The number of fused-ring (bicyclic) bond motifs is 9. The molecule has 542 valence electrons. The van der Waals surface area contributed by atoms with Crippen molar-refractivity contribution in [3.8, 4) is 0 Å². The average molecular weight is 1450 g/mol. The fraction of sp³-hybridized carbons (Fsp3) is 0.464. The Hall–Kier alpha value is -8.48. The first-order chi connectivity index (χ1) is 46.4. The van der Waals surface area contributed by atoms with Gasteiger partial charge in [-0.25, -0.2) is 70.1 Å². The Morgan fingerprint density at radius 3 is 0.951 bits per heavy atom. The topological polar surface area (TPSA) is 391 Å². The number of hydrogen-bond acceptors (Lipinski definition) is 26. The van der Waals surface area contributed by atoms with Gasteiger partial charge in [0.05, 0.1) is 113 Å². The third-order valence-corrected chi connectivity index (χ3v) is 21.6.